The Kier molecular flexibility index (Phi) is 4.33. The summed E-state index contributed by atoms with van der Waals surface area (Å²) in [5.41, 5.74) is 0.513. The molecule has 21 heavy (non-hydrogen) atoms. The molecule has 5 nitrogen and oxygen atoms in total. The second-order valence-corrected chi connectivity index (χ2v) is 4.29. The first-order chi connectivity index (χ1) is 10.1. The van der Waals surface area contributed by atoms with Crippen molar-refractivity contribution in [2.75, 3.05) is 21.3 Å². The van der Waals surface area contributed by atoms with Crippen molar-refractivity contribution in [3.63, 3.8) is 0 Å². The number of carbonyl (C=O) groups excluding carboxylic acids is 1. The molecule has 1 N–H and O–H groups in total. The van der Waals surface area contributed by atoms with Crippen molar-refractivity contribution < 1.29 is 24.1 Å². The number of methoxy groups -OCH3 is 3. The van der Waals surface area contributed by atoms with Crippen molar-refractivity contribution in [2.24, 2.45) is 0 Å². The first-order valence-electron chi connectivity index (χ1n) is 6.24. The van der Waals surface area contributed by atoms with Crippen LogP contribution in [-0.4, -0.2) is 32.2 Å². The van der Waals surface area contributed by atoms with Crippen molar-refractivity contribution in [2.45, 2.75) is 0 Å². The molecule has 0 bridgehead atoms. The summed E-state index contributed by atoms with van der Waals surface area (Å²) in [6.07, 6.45) is 0. The van der Waals surface area contributed by atoms with E-state index < -0.39 is 0 Å². The van der Waals surface area contributed by atoms with Crippen molar-refractivity contribution in [3.8, 4) is 23.0 Å². The molecule has 0 unspecified atom stereocenters. The molecule has 2 aromatic rings. The van der Waals surface area contributed by atoms with Crippen molar-refractivity contribution in [3.05, 3.63) is 47.5 Å². The Balaban J connectivity index is 2.49. The summed E-state index contributed by atoms with van der Waals surface area (Å²) in [5.74, 6) is 0.714. The van der Waals surface area contributed by atoms with Crippen LogP contribution >= 0.6 is 0 Å². The normalized spacial score (nSPS) is 10.0. The van der Waals surface area contributed by atoms with Crippen molar-refractivity contribution in [1.29, 1.82) is 0 Å². The summed E-state index contributed by atoms with van der Waals surface area (Å²) >= 11 is 0. The highest BCUT2D eigenvalue weighted by Crippen LogP contribution is 2.32. The Morgan fingerprint density at radius 1 is 0.952 bits per heavy atom. The maximum atomic E-state index is 12.5. The fraction of sp³-hybridized carbons (Fsp3) is 0.188. The van der Waals surface area contributed by atoms with Crippen LogP contribution in [0.5, 0.6) is 23.0 Å². The number of ketones is 1. The van der Waals surface area contributed by atoms with E-state index in [1.807, 2.05) is 0 Å². The number of para-hydroxylation sites is 1. The minimum atomic E-state index is -0.344. The molecule has 0 aromatic heterocycles. The predicted octanol–water partition coefficient (Wildman–Crippen LogP) is 2.65. The fourth-order valence-electron chi connectivity index (χ4n) is 1.96. The van der Waals surface area contributed by atoms with Crippen LogP contribution in [0.15, 0.2) is 36.4 Å². The van der Waals surface area contributed by atoms with Crippen LogP contribution in [-0.2, 0) is 0 Å². The second-order valence-electron chi connectivity index (χ2n) is 4.29. The quantitative estimate of drug-likeness (QED) is 0.857. The van der Waals surface area contributed by atoms with E-state index in [9.17, 15) is 9.90 Å². The summed E-state index contributed by atoms with van der Waals surface area (Å²) < 4.78 is 15.3. The number of rotatable bonds is 5. The molecule has 0 aliphatic carbocycles. The number of benzene rings is 2. The molecule has 0 aliphatic rings. The molecule has 2 aromatic carbocycles. The van der Waals surface area contributed by atoms with Gasteiger partial charge in [0.15, 0.2) is 17.3 Å². The topological polar surface area (TPSA) is 65.0 Å². The lowest BCUT2D eigenvalue weighted by atomic mass is 10.0. The minimum Gasteiger partial charge on any atom is -0.504 e. The monoisotopic (exact) mass is 288 g/mol. The third-order valence-electron chi connectivity index (χ3n) is 3.08. The van der Waals surface area contributed by atoms with Gasteiger partial charge in [-0.25, -0.2) is 0 Å². The van der Waals surface area contributed by atoms with Crippen LogP contribution in [0, 0.1) is 0 Å². The molecular weight excluding hydrogens is 272 g/mol. The van der Waals surface area contributed by atoms with E-state index in [-0.39, 0.29) is 22.8 Å². The van der Waals surface area contributed by atoms with Gasteiger partial charge in [-0.2, -0.15) is 0 Å². The molecule has 110 valence electrons. The minimum absolute atomic E-state index is 0.157. The smallest absolute Gasteiger partial charge is 0.197 e. The van der Waals surface area contributed by atoms with Gasteiger partial charge in [0.25, 0.3) is 0 Å². The van der Waals surface area contributed by atoms with Crippen LogP contribution in [0.1, 0.15) is 15.9 Å². The van der Waals surface area contributed by atoms with Gasteiger partial charge in [-0.3, -0.25) is 4.79 Å². The number of aromatic hydroxyl groups is 1. The predicted molar refractivity (Wildman–Crippen MR) is 77.6 cm³/mol. The number of carbonyl (C=O) groups is 1. The van der Waals surface area contributed by atoms with Gasteiger partial charge in [-0.1, -0.05) is 6.07 Å². The maximum absolute atomic E-state index is 12.5. The SMILES string of the molecule is COc1cc(OC)cc(C(=O)c2cccc(OC)c2O)c1. The van der Waals surface area contributed by atoms with Crippen LogP contribution < -0.4 is 14.2 Å². The van der Waals surface area contributed by atoms with E-state index in [2.05, 4.69) is 0 Å². The molecule has 2 rings (SSSR count). The third kappa shape index (κ3) is 2.91. The first kappa shape index (κ1) is 14.7. The van der Waals surface area contributed by atoms with E-state index in [0.29, 0.717) is 17.1 Å². The van der Waals surface area contributed by atoms with Gasteiger partial charge >= 0.3 is 0 Å². The van der Waals surface area contributed by atoms with Gasteiger partial charge in [0.05, 0.1) is 26.9 Å². The molecule has 0 aliphatic heterocycles. The standard InChI is InChI=1S/C16H16O5/c1-19-11-7-10(8-12(9-11)20-2)15(17)13-5-4-6-14(21-3)16(13)18/h4-9,18H,1-3H3. The summed E-state index contributed by atoms with van der Waals surface area (Å²) in [6.45, 7) is 0. The van der Waals surface area contributed by atoms with Crippen LogP contribution in [0.4, 0.5) is 0 Å². The highest BCUT2D eigenvalue weighted by atomic mass is 16.5. The lowest BCUT2D eigenvalue weighted by Gasteiger charge is -2.10. The average molecular weight is 288 g/mol. The molecule has 0 saturated carbocycles. The lowest BCUT2D eigenvalue weighted by molar-refractivity contribution is 0.103. The summed E-state index contributed by atoms with van der Waals surface area (Å²) in [7, 11) is 4.44. The Labute approximate surface area is 122 Å². The van der Waals surface area contributed by atoms with Gasteiger partial charge in [-0.05, 0) is 24.3 Å². The van der Waals surface area contributed by atoms with Gasteiger partial charge in [0.2, 0.25) is 0 Å². The number of hydrogen-bond donors (Lipinski definition) is 1. The van der Waals surface area contributed by atoms with Gasteiger partial charge < -0.3 is 19.3 Å². The molecule has 0 radical (unpaired) electrons. The van der Waals surface area contributed by atoms with Gasteiger partial charge in [0, 0.05) is 11.6 Å². The highest BCUT2D eigenvalue weighted by Gasteiger charge is 2.18. The Bertz CT molecular complexity index is 641. The zero-order valence-corrected chi connectivity index (χ0v) is 12.0. The van der Waals surface area contributed by atoms with E-state index in [1.54, 1.807) is 30.3 Å². The average Bonchev–Trinajstić information content (AvgIpc) is 2.53. The van der Waals surface area contributed by atoms with Gasteiger partial charge in [-0.15, -0.1) is 0 Å². The molecule has 0 spiro atoms. The highest BCUT2D eigenvalue weighted by molar-refractivity contribution is 6.11. The Morgan fingerprint density at radius 2 is 1.57 bits per heavy atom. The Hall–Kier alpha value is -2.69. The van der Waals surface area contributed by atoms with E-state index in [0.717, 1.165) is 0 Å². The van der Waals surface area contributed by atoms with Crippen molar-refractivity contribution in [1.82, 2.24) is 0 Å². The molecule has 0 saturated heterocycles. The number of hydrogen-bond acceptors (Lipinski definition) is 5. The second kappa shape index (κ2) is 6.17. The molecule has 0 fully saturated rings. The largest absolute Gasteiger partial charge is 0.504 e. The maximum Gasteiger partial charge on any atom is 0.197 e. The van der Waals surface area contributed by atoms with Crippen LogP contribution in [0.25, 0.3) is 0 Å². The Morgan fingerprint density at radius 3 is 2.10 bits per heavy atom. The summed E-state index contributed by atoms with van der Waals surface area (Å²) in [6, 6.07) is 9.60. The van der Waals surface area contributed by atoms with Crippen LogP contribution in [0.2, 0.25) is 0 Å². The fourth-order valence-corrected chi connectivity index (χ4v) is 1.96. The zero-order chi connectivity index (χ0) is 15.4. The summed E-state index contributed by atoms with van der Waals surface area (Å²) in [5, 5.41) is 10.1. The van der Waals surface area contributed by atoms with E-state index in [1.165, 1.54) is 27.4 Å². The van der Waals surface area contributed by atoms with Gasteiger partial charge in [0.1, 0.15) is 11.5 Å². The molecule has 5 heteroatoms. The zero-order valence-electron chi connectivity index (χ0n) is 12.0. The number of phenolic OH excluding ortho intramolecular Hbond substituents is 1. The van der Waals surface area contributed by atoms with E-state index in [4.69, 9.17) is 14.2 Å². The van der Waals surface area contributed by atoms with E-state index >= 15 is 0 Å². The lowest BCUT2D eigenvalue weighted by Crippen LogP contribution is -2.03. The molecule has 0 heterocycles. The number of phenols is 1. The molecule has 0 amide bonds. The third-order valence-corrected chi connectivity index (χ3v) is 3.08. The van der Waals surface area contributed by atoms with Crippen molar-refractivity contribution >= 4 is 5.78 Å². The molecule has 0 atom stereocenters. The summed E-state index contributed by atoms with van der Waals surface area (Å²) in [4.78, 5) is 12.5. The first-order valence-corrected chi connectivity index (χ1v) is 6.24. The van der Waals surface area contributed by atoms with Crippen LogP contribution in [0.3, 0.4) is 0 Å². The molecular formula is C16H16O5. The number of ether oxygens (including phenoxy) is 3.